The summed E-state index contributed by atoms with van der Waals surface area (Å²) in [6.45, 7) is 0.369. The van der Waals surface area contributed by atoms with Crippen molar-refractivity contribution in [1.29, 1.82) is 0 Å². The number of hydrogen-bond acceptors (Lipinski definition) is 2. The van der Waals surface area contributed by atoms with E-state index >= 15 is 0 Å². The van der Waals surface area contributed by atoms with E-state index < -0.39 is 0 Å². The number of nitrogens with zero attached hydrogens (tertiary/aromatic N) is 1. The van der Waals surface area contributed by atoms with Gasteiger partial charge >= 0.3 is 0 Å². The molecule has 0 bridgehead atoms. The molecule has 0 spiro atoms. The van der Waals surface area contributed by atoms with E-state index in [1.54, 1.807) is 48.3 Å². The molecule has 0 aliphatic heterocycles. The SMILES string of the molecule is CN(Cc1ccccc1F)c1cc(Cl)ccc1C=O. The molecule has 0 radical (unpaired) electrons. The molecular weight excluding hydrogens is 265 g/mol. The Balaban J connectivity index is 2.30. The first-order valence-corrected chi connectivity index (χ1v) is 6.19. The predicted octanol–water partition coefficient (Wildman–Crippen LogP) is 3.93. The Kier molecular flexibility index (Phi) is 4.17. The standard InChI is InChI=1S/C15H13ClFNO/c1-18(9-11-4-2-3-5-14(11)17)15-8-13(16)7-6-12(15)10-19/h2-8,10H,9H2,1H3. The van der Waals surface area contributed by atoms with Crippen LogP contribution in [0.5, 0.6) is 0 Å². The molecule has 2 aromatic carbocycles. The lowest BCUT2D eigenvalue weighted by Gasteiger charge is -2.21. The average molecular weight is 278 g/mol. The number of benzene rings is 2. The smallest absolute Gasteiger partial charge is 0.152 e. The number of carbonyl (C=O) groups excluding carboxylic acids is 1. The molecule has 19 heavy (non-hydrogen) atoms. The molecule has 0 aliphatic carbocycles. The Morgan fingerprint density at radius 3 is 2.68 bits per heavy atom. The molecule has 0 amide bonds. The summed E-state index contributed by atoms with van der Waals surface area (Å²) in [6.07, 6.45) is 0.767. The zero-order valence-electron chi connectivity index (χ0n) is 10.4. The van der Waals surface area contributed by atoms with Gasteiger partial charge in [0.2, 0.25) is 0 Å². The maximum absolute atomic E-state index is 13.6. The van der Waals surface area contributed by atoms with Crippen molar-refractivity contribution in [2.24, 2.45) is 0 Å². The monoisotopic (exact) mass is 277 g/mol. The number of aldehydes is 1. The second-order valence-electron chi connectivity index (χ2n) is 4.27. The van der Waals surface area contributed by atoms with Crippen LogP contribution < -0.4 is 4.90 Å². The van der Waals surface area contributed by atoms with E-state index in [1.165, 1.54) is 6.07 Å². The predicted molar refractivity (Wildman–Crippen MR) is 75.3 cm³/mol. The third-order valence-corrected chi connectivity index (χ3v) is 3.13. The van der Waals surface area contributed by atoms with Gasteiger partial charge in [-0.1, -0.05) is 29.8 Å². The summed E-state index contributed by atoms with van der Waals surface area (Å²) in [5.74, 6) is -0.260. The molecule has 0 heterocycles. The molecule has 98 valence electrons. The highest BCUT2D eigenvalue weighted by molar-refractivity contribution is 6.31. The zero-order chi connectivity index (χ0) is 13.8. The third-order valence-electron chi connectivity index (χ3n) is 2.90. The summed E-state index contributed by atoms with van der Waals surface area (Å²) >= 11 is 5.94. The van der Waals surface area contributed by atoms with Crippen molar-refractivity contribution >= 4 is 23.6 Å². The summed E-state index contributed by atoms with van der Waals surface area (Å²) in [5, 5.41) is 0.543. The molecule has 4 heteroatoms. The lowest BCUT2D eigenvalue weighted by Crippen LogP contribution is -2.18. The highest BCUT2D eigenvalue weighted by Crippen LogP contribution is 2.24. The van der Waals surface area contributed by atoms with Crippen LogP contribution in [0.1, 0.15) is 15.9 Å². The lowest BCUT2D eigenvalue weighted by atomic mass is 10.1. The average Bonchev–Trinajstić information content (AvgIpc) is 2.41. The second kappa shape index (κ2) is 5.85. The first-order chi connectivity index (χ1) is 9.11. The third kappa shape index (κ3) is 3.12. The molecule has 0 aromatic heterocycles. The fourth-order valence-corrected chi connectivity index (χ4v) is 2.08. The summed E-state index contributed by atoms with van der Waals surface area (Å²) < 4.78 is 13.6. The van der Waals surface area contributed by atoms with Gasteiger partial charge < -0.3 is 4.90 Å². The Bertz CT molecular complexity index is 600. The minimum absolute atomic E-state index is 0.260. The lowest BCUT2D eigenvalue weighted by molar-refractivity contribution is 0.112. The van der Waals surface area contributed by atoms with E-state index in [-0.39, 0.29) is 5.82 Å². The van der Waals surface area contributed by atoms with Gasteiger partial charge in [0.1, 0.15) is 5.82 Å². The quantitative estimate of drug-likeness (QED) is 0.789. The van der Waals surface area contributed by atoms with Crippen LogP contribution in [0, 0.1) is 5.82 Å². The molecule has 0 saturated heterocycles. The molecule has 2 nitrogen and oxygen atoms in total. The van der Waals surface area contributed by atoms with Gasteiger partial charge in [0.15, 0.2) is 6.29 Å². The maximum Gasteiger partial charge on any atom is 0.152 e. The Morgan fingerprint density at radius 2 is 2.00 bits per heavy atom. The Hall–Kier alpha value is -1.87. The van der Waals surface area contributed by atoms with E-state index in [4.69, 9.17) is 11.6 Å². The normalized spacial score (nSPS) is 10.3. The number of rotatable bonds is 4. The van der Waals surface area contributed by atoms with Crippen molar-refractivity contribution in [3.63, 3.8) is 0 Å². The van der Waals surface area contributed by atoms with Crippen LogP contribution in [0.3, 0.4) is 0 Å². The van der Waals surface area contributed by atoms with Crippen LogP contribution in [-0.2, 0) is 6.54 Å². The van der Waals surface area contributed by atoms with Crippen molar-refractivity contribution < 1.29 is 9.18 Å². The van der Waals surface area contributed by atoms with Crippen LogP contribution in [0.2, 0.25) is 5.02 Å². The number of anilines is 1. The zero-order valence-corrected chi connectivity index (χ0v) is 11.2. The van der Waals surface area contributed by atoms with Crippen LogP contribution in [0.15, 0.2) is 42.5 Å². The van der Waals surface area contributed by atoms with Crippen LogP contribution in [0.25, 0.3) is 0 Å². The van der Waals surface area contributed by atoms with Gasteiger partial charge in [-0.05, 0) is 24.3 Å². The van der Waals surface area contributed by atoms with Crippen molar-refractivity contribution in [2.45, 2.75) is 6.54 Å². The first kappa shape index (κ1) is 13.6. The maximum atomic E-state index is 13.6. The van der Waals surface area contributed by atoms with Crippen LogP contribution >= 0.6 is 11.6 Å². The van der Waals surface area contributed by atoms with Crippen molar-refractivity contribution in [3.05, 3.63) is 64.4 Å². The van der Waals surface area contributed by atoms with E-state index in [0.717, 1.165) is 6.29 Å². The Labute approximate surface area is 116 Å². The van der Waals surface area contributed by atoms with Gasteiger partial charge in [-0.15, -0.1) is 0 Å². The van der Waals surface area contributed by atoms with Gasteiger partial charge in [0.05, 0.1) is 0 Å². The first-order valence-electron chi connectivity index (χ1n) is 5.81. The van der Waals surface area contributed by atoms with Gasteiger partial charge in [-0.2, -0.15) is 0 Å². The van der Waals surface area contributed by atoms with E-state index in [1.807, 2.05) is 0 Å². The van der Waals surface area contributed by atoms with Crippen molar-refractivity contribution in [2.75, 3.05) is 11.9 Å². The van der Waals surface area contributed by atoms with Crippen molar-refractivity contribution in [3.8, 4) is 0 Å². The summed E-state index contributed by atoms with van der Waals surface area (Å²) in [5.41, 5.74) is 1.79. The van der Waals surface area contributed by atoms with E-state index in [0.29, 0.717) is 28.4 Å². The Morgan fingerprint density at radius 1 is 1.26 bits per heavy atom. The summed E-state index contributed by atoms with van der Waals surface area (Å²) in [6, 6.07) is 11.6. The minimum atomic E-state index is -0.260. The molecule has 0 aliphatic rings. The fourth-order valence-electron chi connectivity index (χ4n) is 1.91. The largest absolute Gasteiger partial charge is 0.370 e. The molecule has 0 atom stereocenters. The van der Waals surface area contributed by atoms with E-state index in [2.05, 4.69) is 0 Å². The van der Waals surface area contributed by atoms with Crippen molar-refractivity contribution in [1.82, 2.24) is 0 Å². The minimum Gasteiger partial charge on any atom is -0.370 e. The summed E-state index contributed by atoms with van der Waals surface area (Å²) in [7, 11) is 1.80. The topological polar surface area (TPSA) is 20.3 Å². The van der Waals surface area contributed by atoms with Gasteiger partial charge in [-0.25, -0.2) is 4.39 Å². The van der Waals surface area contributed by atoms with Gasteiger partial charge in [-0.3, -0.25) is 4.79 Å². The molecule has 2 rings (SSSR count). The van der Waals surface area contributed by atoms with E-state index in [9.17, 15) is 9.18 Å². The second-order valence-corrected chi connectivity index (χ2v) is 4.70. The van der Waals surface area contributed by atoms with Gasteiger partial charge in [0, 0.05) is 35.4 Å². The van der Waals surface area contributed by atoms with Gasteiger partial charge in [0.25, 0.3) is 0 Å². The number of halogens is 2. The molecular formula is C15H13ClFNO. The highest BCUT2D eigenvalue weighted by Gasteiger charge is 2.10. The molecule has 0 unspecified atom stereocenters. The molecule has 2 aromatic rings. The fraction of sp³-hybridized carbons (Fsp3) is 0.133. The molecule has 0 saturated carbocycles. The van der Waals surface area contributed by atoms with Crippen LogP contribution in [-0.4, -0.2) is 13.3 Å². The molecule has 0 fully saturated rings. The number of carbonyl (C=O) groups is 1. The summed E-state index contributed by atoms with van der Waals surface area (Å²) in [4.78, 5) is 12.8. The highest BCUT2D eigenvalue weighted by atomic mass is 35.5. The number of hydrogen-bond donors (Lipinski definition) is 0. The van der Waals surface area contributed by atoms with Crippen LogP contribution in [0.4, 0.5) is 10.1 Å². The molecule has 0 N–H and O–H groups in total.